The molecule has 0 amide bonds. The summed E-state index contributed by atoms with van der Waals surface area (Å²) < 4.78 is 5.04. The van der Waals surface area contributed by atoms with Gasteiger partial charge in [-0.2, -0.15) is 0 Å². The van der Waals surface area contributed by atoms with E-state index in [1.54, 1.807) is 0 Å². The predicted octanol–water partition coefficient (Wildman–Crippen LogP) is 12.1. The minimum absolute atomic E-state index is 0.0342. The van der Waals surface area contributed by atoms with E-state index in [1.807, 2.05) is 0 Å². The summed E-state index contributed by atoms with van der Waals surface area (Å²) in [6, 6.07) is 59.3. The van der Waals surface area contributed by atoms with Crippen LogP contribution in [-0.4, -0.2) is 9.13 Å². The van der Waals surface area contributed by atoms with Crippen LogP contribution in [0.1, 0.15) is 45.7 Å². The van der Waals surface area contributed by atoms with Gasteiger partial charge in [0, 0.05) is 40.5 Å². The second kappa shape index (κ2) is 13.3. The first-order chi connectivity index (χ1) is 26.3. The Bertz CT molecular complexity index is 2660. The highest BCUT2D eigenvalue weighted by atomic mass is 15.1. The topological polar surface area (TPSA) is 21.9 Å². The fourth-order valence-electron chi connectivity index (χ4n) is 8.67. The van der Waals surface area contributed by atoms with Gasteiger partial charge >= 0.3 is 0 Å². The maximum absolute atomic E-state index is 3.83. The number of fused-ring (bicyclic) bond motifs is 10. The van der Waals surface area contributed by atoms with Crippen molar-refractivity contribution in [2.24, 2.45) is 0 Å². The van der Waals surface area contributed by atoms with Crippen molar-refractivity contribution in [2.75, 3.05) is 0 Å². The summed E-state index contributed by atoms with van der Waals surface area (Å²) in [5, 5.41) is 6.46. The molecule has 1 N–H and O–H groups in total. The molecular weight excluding hydrogens is 643 g/mol. The number of para-hydroxylation sites is 3. The molecule has 2 aromatic heterocycles. The van der Waals surface area contributed by atoms with E-state index in [9.17, 15) is 0 Å². The molecule has 0 spiro atoms. The summed E-state index contributed by atoms with van der Waals surface area (Å²) in [5.41, 5.74) is 13.8. The molecule has 53 heavy (non-hydrogen) atoms. The summed E-state index contributed by atoms with van der Waals surface area (Å²) >= 11 is 0. The Balaban J connectivity index is 1.16. The predicted molar refractivity (Wildman–Crippen MR) is 221 cm³/mol. The zero-order valence-corrected chi connectivity index (χ0v) is 29.4. The van der Waals surface area contributed by atoms with Crippen LogP contribution in [0.3, 0.4) is 0 Å². The van der Waals surface area contributed by atoms with Crippen molar-refractivity contribution in [1.82, 2.24) is 14.5 Å². The van der Waals surface area contributed by atoms with E-state index in [1.165, 1.54) is 66.7 Å². The van der Waals surface area contributed by atoms with Gasteiger partial charge in [-0.25, -0.2) is 0 Å². The van der Waals surface area contributed by atoms with E-state index >= 15 is 0 Å². The van der Waals surface area contributed by atoms with E-state index < -0.39 is 0 Å². The van der Waals surface area contributed by atoms with Gasteiger partial charge in [0.1, 0.15) is 0 Å². The highest BCUT2D eigenvalue weighted by Crippen LogP contribution is 2.56. The van der Waals surface area contributed by atoms with Crippen LogP contribution in [0.2, 0.25) is 0 Å². The largest absolute Gasteiger partial charge is 0.307 e. The Morgan fingerprint density at radius 3 is 1.58 bits per heavy atom. The van der Waals surface area contributed by atoms with E-state index in [4.69, 9.17) is 0 Å². The molecule has 2 aliphatic rings. The van der Waals surface area contributed by atoms with Crippen LogP contribution in [-0.2, 0) is 6.54 Å². The van der Waals surface area contributed by atoms with Gasteiger partial charge in [0.15, 0.2) is 0 Å². The summed E-state index contributed by atoms with van der Waals surface area (Å²) in [6.45, 7) is 0.777. The number of aromatic nitrogens is 2. The van der Waals surface area contributed by atoms with E-state index in [0.717, 1.165) is 12.2 Å². The highest BCUT2D eigenvalue weighted by molar-refractivity contribution is 6.02. The molecule has 10 rings (SSSR count). The molecule has 0 aliphatic heterocycles. The monoisotopic (exact) mass is 681 g/mol. The Morgan fingerprint density at radius 2 is 1.00 bits per heavy atom. The minimum atomic E-state index is 0.0342. The van der Waals surface area contributed by atoms with Crippen molar-refractivity contribution in [3.8, 4) is 22.8 Å². The Kier molecular flexibility index (Phi) is 7.85. The van der Waals surface area contributed by atoms with Crippen molar-refractivity contribution < 1.29 is 0 Å². The molecule has 254 valence electrons. The first kappa shape index (κ1) is 31.3. The van der Waals surface area contributed by atoms with E-state index in [2.05, 4.69) is 215 Å². The fourth-order valence-corrected chi connectivity index (χ4v) is 8.67. The average molecular weight is 682 g/mol. The van der Waals surface area contributed by atoms with Crippen LogP contribution in [0.25, 0.3) is 50.6 Å². The summed E-state index contributed by atoms with van der Waals surface area (Å²) in [6.07, 6.45) is 13.8. The van der Waals surface area contributed by atoms with Crippen molar-refractivity contribution in [3.05, 3.63) is 222 Å². The standard InChI is InChI=1S/C50H39N3/c1-4-16-35(17-5-1)28-33-44(51-34-36-18-6-2-7-19-36)37-29-31-39(32-30-37)53-46-27-15-13-25-43(46)48-41-23-11-10-22-40(41)47-42-24-12-14-26-45(42)52(49(47)50(48)53)38-20-8-3-9-21-38/h1-33,40-41,44,51H,34H2/b33-28+. The van der Waals surface area contributed by atoms with Crippen LogP contribution >= 0.6 is 0 Å². The second-order valence-electron chi connectivity index (χ2n) is 14.1. The van der Waals surface area contributed by atoms with Crippen LogP contribution < -0.4 is 5.32 Å². The molecule has 3 nitrogen and oxygen atoms in total. The SMILES string of the molecule is C1=CC2c3c(n(-c4ccccc4)c4ccccc34)-c3c(c4ccccc4n3-c3ccc(C(/C=C/c4ccccc4)NCc4ccccc4)cc3)C2C=C1. The molecule has 2 heterocycles. The van der Waals surface area contributed by atoms with Crippen molar-refractivity contribution in [2.45, 2.75) is 24.4 Å². The lowest BCUT2D eigenvalue weighted by Gasteiger charge is -2.32. The van der Waals surface area contributed by atoms with E-state index in [-0.39, 0.29) is 17.9 Å². The lowest BCUT2D eigenvalue weighted by molar-refractivity contribution is 0.622. The van der Waals surface area contributed by atoms with Gasteiger partial charge in [0.25, 0.3) is 0 Å². The number of hydrogen-bond acceptors (Lipinski definition) is 1. The molecule has 0 radical (unpaired) electrons. The van der Waals surface area contributed by atoms with Gasteiger partial charge in [-0.15, -0.1) is 0 Å². The average Bonchev–Trinajstić information content (AvgIpc) is 3.76. The van der Waals surface area contributed by atoms with Gasteiger partial charge in [-0.3, -0.25) is 0 Å². The van der Waals surface area contributed by atoms with Crippen LogP contribution in [0.5, 0.6) is 0 Å². The second-order valence-corrected chi connectivity index (χ2v) is 14.1. The molecule has 0 saturated heterocycles. The van der Waals surface area contributed by atoms with Crippen molar-refractivity contribution >= 4 is 27.9 Å². The number of hydrogen-bond donors (Lipinski definition) is 1. The molecule has 2 aliphatic carbocycles. The zero-order valence-electron chi connectivity index (χ0n) is 29.4. The molecule has 0 bridgehead atoms. The summed E-state index contributed by atoms with van der Waals surface area (Å²) in [5.74, 6) is 0.476. The zero-order chi connectivity index (χ0) is 35.1. The van der Waals surface area contributed by atoms with Gasteiger partial charge in [-0.05, 0) is 64.2 Å². The number of rotatable bonds is 8. The van der Waals surface area contributed by atoms with Crippen molar-refractivity contribution in [1.29, 1.82) is 0 Å². The third kappa shape index (κ3) is 5.40. The fraction of sp³-hybridized carbons (Fsp3) is 0.0800. The van der Waals surface area contributed by atoms with Gasteiger partial charge in [0.05, 0.1) is 28.5 Å². The number of nitrogens with one attached hydrogen (secondary N) is 1. The Labute approximate surface area is 310 Å². The van der Waals surface area contributed by atoms with Gasteiger partial charge < -0.3 is 14.5 Å². The molecule has 3 heteroatoms. The first-order valence-electron chi connectivity index (χ1n) is 18.6. The Morgan fingerprint density at radius 1 is 0.509 bits per heavy atom. The molecule has 0 saturated carbocycles. The highest BCUT2D eigenvalue weighted by Gasteiger charge is 2.40. The number of nitrogens with zero attached hydrogens (tertiary/aromatic N) is 2. The van der Waals surface area contributed by atoms with Gasteiger partial charge in [0.2, 0.25) is 0 Å². The summed E-state index contributed by atoms with van der Waals surface area (Å²) in [4.78, 5) is 0. The van der Waals surface area contributed by atoms with Crippen molar-refractivity contribution in [3.63, 3.8) is 0 Å². The van der Waals surface area contributed by atoms with Crippen LogP contribution in [0, 0.1) is 0 Å². The van der Waals surface area contributed by atoms with Crippen LogP contribution in [0.4, 0.5) is 0 Å². The Hall–Kier alpha value is -6.42. The summed E-state index contributed by atoms with van der Waals surface area (Å²) in [7, 11) is 0. The molecular formula is C50H39N3. The maximum atomic E-state index is 3.83. The van der Waals surface area contributed by atoms with Gasteiger partial charge in [-0.1, -0.05) is 164 Å². The molecule has 6 aromatic carbocycles. The third-order valence-corrected chi connectivity index (χ3v) is 11.0. The smallest absolute Gasteiger partial charge is 0.0751 e. The molecule has 3 atom stereocenters. The van der Waals surface area contributed by atoms with E-state index in [0.29, 0.717) is 0 Å². The lowest BCUT2D eigenvalue weighted by atomic mass is 9.72. The minimum Gasteiger partial charge on any atom is -0.307 e. The van der Waals surface area contributed by atoms with Crippen LogP contribution in [0.15, 0.2) is 194 Å². The molecule has 8 aromatic rings. The quantitative estimate of drug-likeness (QED) is 0.169. The molecule has 3 unspecified atom stereocenters. The number of allylic oxidation sites excluding steroid dienone is 4. The normalized spacial score (nSPS) is 16.5. The molecule has 0 fully saturated rings. The maximum Gasteiger partial charge on any atom is 0.0751 e. The third-order valence-electron chi connectivity index (χ3n) is 11.0. The lowest BCUT2D eigenvalue weighted by Crippen LogP contribution is -2.19. The number of benzene rings is 6. The first-order valence-corrected chi connectivity index (χ1v) is 18.6.